The molecule has 170 valence electrons. The second-order valence-corrected chi connectivity index (χ2v) is 7.09. The zero-order chi connectivity index (χ0) is 23.1. The van der Waals surface area contributed by atoms with Crippen LogP contribution in [0.2, 0.25) is 0 Å². The Bertz CT molecular complexity index is 1040. The van der Waals surface area contributed by atoms with Gasteiger partial charge >= 0.3 is 6.36 Å². The highest BCUT2D eigenvalue weighted by Crippen LogP contribution is 2.31. The fraction of sp³-hybridized carbons (Fsp3) is 0.273. The topological polar surface area (TPSA) is 71.5 Å². The molecule has 2 aromatic carbocycles. The van der Waals surface area contributed by atoms with Crippen LogP contribution < -0.4 is 20.1 Å². The van der Waals surface area contributed by atoms with E-state index in [0.29, 0.717) is 41.0 Å². The zero-order valence-corrected chi connectivity index (χ0v) is 17.9. The van der Waals surface area contributed by atoms with Gasteiger partial charge in [-0.2, -0.15) is 4.98 Å². The number of aromatic nitrogens is 2. The van der Waals surface area contributed by atoms with Crippen molar-refractivity contribution in [2.75, 3.05) is 44.9 Å². The Kier molecular flexibility index (Phi) is 7.37. The van der Waals surface area contributed by atoms with E-state index in [1.165, 1.54) is 18.2 Å². The van der Waals surface area contributed by atoms with E-state index in [4.69, 9.17) is 4.74 Å². The van der Waals surface area contributed by atoms with Crippen LogP contribution in [-0.4, -0.2) is 55.5 Å². The molecule has 2 N–H and O–H groups in total. The van der Waals surface area contributed by atoms with Gasteiger partial charge in [0.05, 0.1) is 18.5 Å². The van der Waals surface area contributed by atoms with E-state index < -0.39 is 6.36 Å². The van der Waals surface area contributed by atoms with Crippen molar-refractivity contribution in [3.05, 3.63) is 54.6 Å². The van der Waals surface area contributed by atoms with Gasteiger partial charge in [0.15, 0.2) is 0 Å². The highest BCUT2D eigenvalue weighted by Gasteiger charge is 2.31. The summed E-state index contributed by atoms with van der Waals surface area (Å²) in [5.41, 5.74) is 1.57. The molecular weight excluding hydrogens is 423 g/mol. The number of ether oxygens (including phenoxy) is 2. The number of benzene rings is 2. The molecule has 10 heteroatoms. The summed E-state index contributed by atoms with van der Waals surface area (Å²) in [6.07, 6.45) is -4.78. The summed E-state index contributed by atoms with van der Waals surface area (Å²) in [6.45, 7) is 1.33. The standard InChI is InChI=1S/C22H24F3N5O2/c1-30(2)12-11-26-21-28-18(15-7-6-8-16(13-15)32-22(23,24)25)14-20(29-21)27-17-9-4-5-10-19(17)31-3/h4-10,13-14H,11-12H2,1-3H3,(H2,26,27,28,29). The Labute approximate surface area is 184 Å². The third-order valence-corrected chi connectivity index (χ3v) is 4.30. The minimum Gasteiger partial charge on any atom is -0.495 e. The van der Waals surface area contributed by atoms with E-state index in [0.717, 1.165) is 6.54 Å². The zero-order valence-electron chi connectivity index (χ0n) is 17.9. The van der Waals surface area contributed by atoms with Gasteiger partial charge < -0.3 is 25.0 Å². The Hall–Kier alpha value is -3.53. The molecule has 0 aliphatic heterocycles. The van der Waals surface area contributed by atoms with Crippen LogP contribution in [0.3, 0.4) is 0 Å². The van der Waals surface area contributed by atoms with Gasteiger partial charge in [0.25, 0.3) is 0 Å². The maximum absolute atomic E-state index is 12.6. The number of rotatable bonds is 9. The Morgan fingerprint density at radius 2 is 1.78 bits per heavy atom. The number of halogens is 3. The predicted molar refractivity (Wildman–Crippen MR) is 117 cm³/mol. The molecule has 3 aromatic rings. The van der Waals surface area contributed by atoms with E-state index in [1.807, 2.05) is 37.2 Å². The molecule has 7 nitrogen and oxygen atoms in total. The number of para-hydroxylation sites is 2. The van der Waals surface area contributed by atoms with Crippen molar-refractivity contribution in [3.8, 4) is 22.8 Å². The average Bonchev–Trinajstić information content (AvgIpc) is 2.73. The van der Waals surface area contributed by atoms with Gasteiger partial charge in [0.1, 0.15) is 17.3 Å². The van der Waals surface area contributed by atoms with Crippen LogP contribution in [0.5, 0.6) is 11.5 Å². The maximum atomic E-state index is 12.6. The van der Waals surface area contributed by atoms with Crippen LogP contribution in [-0.2, 0) is 0 Å². The third-order valence-electron chi connectivity index (χ3n) is 4.30. The molecule has 0 bridgehead atoms. The quantitative estimate of drug-likeness (QED) is 0.490. The summed E-state index contributed by atoms with van der Waals surface area (Å²) in [6, 6.07) is 14.6. The van der Waals surface area contributed by atoms with E-state index >= 15 is 0 Å². The lowest BCUT2D eigenvalue weighted by Gasteiger charge is -2.15. The van der Waals surface area contributed by atoms with Crippen molar-refractivity contribution >= 4 is 17.5 Å². The number of hydrogen-bond donors (Lipinski definition) is 2. The number of alkyl halides is 3. The molecule has 0 unspecified atom stereocenters. The van der Waals surface area contributed by atoms with Crippen molar-refractivity contribution in [1.82, 2.24) is 14.9 Å². The second-order valence-electron chi connectivity index (χ2n) is 7.09. The maximum Gasteiger partial charge on any atom is 0.573 e. The molecule has 1 aromatic heterocycles. The molecule has 0 amide bonds. The van der Waals surface area contributed by atoms with Gasteiger partial charge in [-0.3, -0.25) is 0 Å². The molecule has 0 fully saturated rings. The lowest BCUT2D eigenvalue weighted by molar-refractivity contribution is -0.274. The normalized spacial score (nSPS) is 11.3. The lowest BCUT2D eigenvalue weighted by atomic mass is 10.1. The molecule has 0 saturated carbocycles. The van der Waals surface area contributed by atoms with Crippen molar-refractivity contribution in [2.24, 2.45) is 0 Å². The molecule has 0 aliphatic rings. The minimum atomic E-state index is -4.78. The van der Waals surface area contributed by atoms with Gasteiger partial charge in [0.2, 0.25) is 5.95 Å². The van der Waals surface area contributed by atoms with Crippen molar-refractivity contribution in [3.63, 3.8) is 0 Å². The predicted octanol–water partition coefficient (Wildman–Crippen LogP) is 4.77. The van der Waals surface area contributed by atoms with E-state index in [-0.39, 0.29) is 5.75 Å². The number of likely N-dealkylation sites (N-methyl/N-ethyl adjacent to an activating group) is 1. The molecule has 0 atom stereocenters. The fourth-order valence-corrected chi connectivity index (χ4v) is 2.87. The summed E-state index contributed by atoms with van der Waals surface area (Å²) in [4.78, 5) is 11.0. The first-order valence-electron chi connectivity index (χ1n) is 9.77. The fourth-order valence-electron chi connectivity index (χ4n) is 2.87. The van der Waals surface area contributed by atoms with Gasteiger partial charge in [-0.25, -0.2) is 4.98 Å². The first kappa shape index (κ1) is 23.1. The van der Waals surface area contributed by atoms with E-state index in [2.05, 4.69) is 25.3 Å². The van der Waals surface area contributed by atoms with E-state index in [9.17, 15) is 13.2 Å². The molecule has 3 rings (SSSR count). The van der Waals surface area contributed by atoms with Gasteiger partial charge in [-0.15, -0.1) is 13.2 Å². The first-order valence-corrected chi connectivity index (χ1v) is 9.77. The van der Waals surface area contributed by atoms with Gasteiger partial charge in [-0.1, -0.05) is 24.3 Å². The minimum absolute atomic E-state index is 0.324. The molecule has 0 saturated heterocycles. The second kappa shape index (κ2) is 10.2. The number of methoxy groups -OCH3 is 1. The largest absolute Gasteiger partial charge is 0.573 e. The summed E-state index contributed by atoms with van der Waals surface area (Å²) < 4.78 is 47.3. The van der Waals surface area contributed by atoms with Crippen molar-refractivity contribution in [1.29, 1.82) is 0 Å². The highest BCUT2D eigenvalue weighted by atomic mass is 19.4. The summed E-state index contributed by atoms with van der Waals surface area (Å²) in [5.74, 6) is 1.09. The van der Waals surface area contributed by atoms with Crippen LogP contribution in [0.15, 0.2) is 54.6 Å². The SMILES string of the molecule is COc1ccccc1Nc1cc(-c2cccc(OC(F)(F)F)c2)nc(NCCN(C)C)n1. The monoisotopic (exact) mass is 447 g/mol. The van der Waals surface area contributed by atoms with Crippen LogP contribution >= 0.6 is 0 Å². The Balaban J connectivity index is 1.96. The van der Waals surface area contributed by atoms with Crippen molar-refractivity contribution < 1.29 is 22.6 Å². The summed E-state index contributed by atoms with van der Waals surface area (Å²) in [7, 11) is 5.45. The van der Waals surface area contributed by atoms with Crippen LogP contribution in [0.25, 0.3) is 11.3 Å². The smallest absolute Gasteiger partial charge is 0.495 e. The number of hydrogen-bond acceptors (Lipinski definition) is 7. The molecule has 32 heavy (non-hydrogen) atoms. The van der Waals surface area contributed by atoms with Crippen LogP contribution in [0, 0.1) is 0 Å². The van der Waals surface area contributed by atoms with Crippen LogP contribution in [0.1, 0.15) is 0 Å². The molecule has 0 aliphatic carbocycles. The lowest BCUT2D eigenvalue weighted by Crippen LogP contribution is -2.21. The summed E-state index contributed by atoms with van der Waals surface area (Å²) >= 11 is 0. The number of nitrogens with zero attached hydrogens (tertiary/aromatic N) is 3. The van der Waals surface area contributed by atoms with E-state index in [1.54, 1.807) is 25.3 Å². The molecule has 0 radical (unpaired) electrons. The van der Waals surface area contributed by atoms with Crippen LogP contribution in [0.4, 0.5) is 30.6 Å². The Morgan fingerprint density at radius 1 is 1.00 bits per heavy atom. The average molecular weight is 447 g/mol. The first-order chi connectivity index (χ1) is 15.2. The number of anilines is 3. The molecular formula is C22H24F3N5O2. The highest BCUT2D eigenvalue weighted by molar-refractivity contribution is 5.70. The van der Waals surface area contributed by atoms with Gasteiger partial charge in [-0.05, 0) is 38.4 Å². The summed E-state index contributed by atoms with van der Waals surface area (Å²) in [5, 5.41) is 6.34. The third kappa shape index (κ3) is 6.74. The molecule has 0 spiro atoms. The molecule has 1 heterocycles. The Morgan fingerprint density at radius 3 is 2.50 bits per heavy atom. The van der Waals surface area contributed by atoms with Gasteiger partial charge in [0, 0.05) is 24.7 Å². The number of nitrogens with one attached hydrogen (secondary N) is 2. The van der Waals surface area contributed by atoms with Crippen molar-refractivity contribution in [2.45, 2.75) is 6.36 Å².